The third-order valence-corrected chi connectivity index (χ3v) is 3.96. The molecule has 1 unspecified atom stereocenters. The molecule has 1 aliphatic rings. The average Bonchev–Trinajstić information content (AvgIpc) is 2.59. The number of aliphatic hydroxyl groups excluding tert-OH is 1. The maximum absolute atomic E-state index is 13.0. The number of hydrogen-bond donors (Lipinski definition) is 3. The standard InChI is InChI=1S/C17H19F3N4O4/c1-9(25)8-28-14(26)13-7-23(16(22)27)15(21)24(10(13)2)12-5-3-4-11(6-12)17(18,19)20/h3-6,9,21,25H,7-8H2,1-2H3,(H2,22,27). The molecule has 0 bridgehead atoms. The summed E-state index contributed by atoms with van der Waals surface area (Å²) in [4.78, 5) is 25.8. The fourth-order valence-corrected chi connectivity index (χ4v) is 2.58. The van der Waals surface area contributed by atoms with Crippen molar-refractivity contribution in [2.75, 3.05) is 18.1 Å². The molecule has 0 radical (unpaired) electrons. The number of nitrogens with one attached hydrogen (secondary N) is 1. The van der Waals surface area contributed by atoms with Gasteiger partial charge < -0.3 is 15.6 Å². The van der Waals surface area contributed by atoms with E-state index in [-0.39, 0.29) is 30.1 Å². The van der Waals surface area contributed by atoms with Crippen LogP contribution in [0.25, 0.3) is 0 Å². The number of guanidine groups is 1. The number of urea groups is 1. The number of hydrogen-bond acceptors (Lipinski definition) is 5. The molecular weight excluding hydrogens is 381 g/mol. The topological polar surface area (TPSA) is 120 Å². The molecule has 0 saturated carbocycles. The lowest BCUT2D eigenvalue weighted by atomic mass is 10.1. The van der Waals surface area contributed by atoms with Crippen LogP contribution in [0.1, 0.15) is 19.4 Å². The Labute approximate surface area is 158 Å². The number of esters is 1. The lowest BCUT2D eigenvalue weighted by Crippen LogP contribution is -2.54. The molecule has 2 rings (SSSR count). The molecule has 8 nitrogen and oxygen atoms in total. The summed E-state index contributed by atoms with van der Waals surface area (Å²) in [5, 5.41) is 17.4. The van der Waals surface area contributed by atoms with Gasteiger partial charge in [0.15, 0.2) is 0 Å². The van der Waals surface area contributed by atoms with Crippen LogP contribution in [0, 0.1) is 5.41 Å². The highest BCUT2D eigenvalue weighted by molar-refractivity contribution is 6.09. The summed E-state index contributed by atoms with van der Waals surface area (Å²) in [5.41, 5.74) is 4.25. The van der Waals surface area contributed by atoms with E-state index in [1.165, 1.54) is 19.9 Å². The van der Waals surface area contributed by atoms with Crippen molar-refractivity contribution in [3.63, 3.8) is 0 Å². The highest BCUT2D eigenvalue weighted by Gasteiger charge is 2.36. The number of rotatable bonds is 4. The van der Waals surface area contributed by atoms with Crippen LogP contribution in [0.2, 0.25) is 0 Å². The minimum Gasteiger partial charge on any atom is -0.459 e. The highest BCUT2D eigenvalue weighted by atomic mass is 19.4. The number of amides is 2. The number of halogens is 3. The molecule has 0 spiro atoms. The second kappa shape index (κ2) is 7.89. The zero-order chi connectivity index (χ0) is 21.2. The summed E-state index contributed by atoms with van der Waals surface area (Å²) in [5.74, 6) is -1.38. The fraction of sp³-hybridized carbons (Fsp3) is 0.353. The predicted molar refractivity (Wildman–Crippen MR) is 93.3 cm³/mol. The lowest BCUT2D eigenvalue weighted by Gasteiger charge is -2.37. The Hall–Kier alpha value is -3.08. The summed E-state index contributed by atoms with van der Waals surface area (Å²) >= 11 is 0. The first-order chi connectivity index (χ1) is 12.9. The maximum Gasteiger partial charge on any atom is 0.416 e. The second-order valence-corrected chi connectivity index (χ2v) is 6.14. The van der Waals surface area contributed by atoms with E-state index in [2.05, 4.69) is 0 Å². The quantitative estimate of drug-likeness (QED) is 0.668. The number of carbonyl (C=O) groups excluding carboxylic acids is 2. The maximum atomic E-state index is 13.0. The van der Waals surface area contributed by atoms with Gasteiger partial charge in [0.05, 0.1) is 23.8 Å². The third kappa shape index (κ3) is 4.42. The van der Waals surface area contributed by atoms with E-state index < -0.39 is 35.8 Å². The molecule has 1 atom stereocenters. The zero-order valence-corrected chi connectivity index (χ0v) is 15.1. The number of alkyl halides is 3. The molecule has 0 saturated heterocycles. The van der Waals surface area contributed by atoms with Crippen LogP contribution in [-0.2, 0) is 15.7 Å². The Kier molecular flexibility index (Phi) is 5.98. The van der Waals surface area contributed by atoms with Crippen molar-refractivity contribution >= 4 is 23.6 Å². The first-order valence-corrected chi connectivity index (χ1v) is 8.11. The largest absolute Gasteiger partial charge is 0.459 e. The molecule has 1 aromatic rings. The first-order valence-electron chi connectivity index (χ1n) is 8.11. The zero-order valence-electron chi connectivity index (χ0n) is 15.1. The molecule has 28 heavy (non-hydrogen) atoms. The summed E-state index contributed by atoms with van der Waals surface area (Å²) < 4.78 is 44.1. The van der Waals surface area contributed by atoms with Crippen LogP contribution >= 0.6 is 0 Å². The normalized spacial score (nSPS) is 16.3. The summed E-state index contributed by atoms with van der Waals surface area (Å²) in [7, 11) is 0. The number of ether oxygens (including phenoxy) is 1. The van der Waals surface area contributed by atoms with Crippen molar-refractivity contribution in [3.8, 4) is 0 Å². The Morgan fingerprint density at radius 1 is 1.39 bits per heavy atom. The van der Waals surface area contributed by atoms with Crippen LogP contribution in [0.5, 0.6) is 0 Å². The van der Waals surface area contributed by atoms with Crippen LogP contribution < -0.4 is 10.6 Å². The van der Waals surface area contributed by atoms with Crippen molar-refractivity contribution in [2.45, 2.75) is 26.1 Å². The first kappa shape index (κ1) is 21.2. The molecule has 0 aliphatic carbocycles. The number of nitrogens with zero attached hydrogens (tertiary/aromatic N) is 2. The Morgan fingerprint density at radius 3 is 2.57 bits per heavy atom. The van der Waals surface area contributed by atoms with Crippen molar-refractivity contribution < 1.29 is 32.6 Å². The molecule has 1 aromatic carbocycles. The smallest absolute Gasteiger partial charge is 0.416 e. The molecule has 1 heterocycles. The number of anilines is 1. The molecule has 152 valence electrons. The van der Waals surface area contributed by atoms with Gasteiger partial charge in [-0.3, -0.25) is 15.2 Å². The van der Waals surface area contributed by atoms with E-state index in [0.29, 0.717) is 0 Å². The fourth-order valence-electron chi connectivity index (χ4n) is 2.58. The van der Waals surface area contributed by atoms with Gasteiger partial charge in [-0.15, -0.1) is 0 Å². The van der Waals surface area contributed by atoms with E-state index in [4.69, 9.17) is 15.9 Å². The number of benzene rings is 1. The van der Waals surface area contributed by atoms with Gasteiger partial charge in [0, 0.05) is 11.4 Å². The second-order valence-electron chi connectivity index (χ2n) is 6.14. The Morgan fingerprint density at radius 2 is 2.04 bits per heavy atom. The van der Waals surface area contributed by atoms with Gasteiger partial charge in [-0.2, -0.15) is 13.2 Å². The molecule has 1 aliphatic heterocycles. The molecule has 0 aromatic heterocycles. The van der Waals surface area contributed by atoms with Gasteiger partial charge in [0.2, 0.25) is 5.96 Å². The third-order valence-electron chi connectivity index (χ3n) is 3.96. The molecular formula is C17H19F3N4O4. The average molecular weight is 400 g/mol. The monoisotopic (exact) mass is 400 g/mol. The van der Waals surface area contributed by atoms with Gasteiger partial charge in [-0.1, -0.05) is 6.07 Å². The van der Waals surface area contributed by atoms with Gasteiger partial charge in [-0.05, 0) is 32.0 Å². The minimum atomic E-state index is -4.62. The van der Waals surface area contributed by atoms with E-state index in [1.54, 1.807) is 0 Å². The van der Waals surface area contributed by atoms with Crippen molar-refractivity contribution in [3.05, 3.63) is 41.1 Å². The Bertz CT molecular complexity index is 836. The van der Waals surface area contributed by atoms with Gasteiger partial charge >= 0.3 is 18.2 Å². The summed E-state index contributed by atoms with van der Waals surface area (Å²) in [6, 6.07) is 3.04. The van der Waals surface area contributed by atoms with E-state index in [1.807, 2.05) is 0 Å². The van der Waals surface area contributed by atoms with Crippen LogP contribution in [0.3, 0.4) is 0 Å². The van der Waals surface area contributed by atoms with Crippen molar-refractivity contribution in [1.29, 1.82) is 5.41 Å². The molecule has 0 fully saturated rings. The van der Waals surface area contributed by atoms with Gasteiger partial charge in [0.25, 0.3) is 0 Å². The summed E-state index contributed by atoms with van der Waals surface area (Å²) in [6.45, 7) is 2.11. The number of carbonyl (C=O) groups is 2. The molecule has 2 amide bonds. The number of nitrogens with two attached hydrogens (primary N) is 1. The highest BCUT2D eigenvalue weighted by Crippen LogP contribution is 2.34. The number of allylic oxidation sites excluding steroid dienone is 1. The van der Waals surface area contributed by atoms with Crippen molar-refractivity contribution in [2.24, 2.45) is 5.73 Å². The SMILES string of the molecule is CC1=C(C(=O)OCC(C)O)CN(C(N)=O)C(=N)N1c1cccc(C(F)(F)F)c1. The van der Waals surface area contributed by atoms with Crippen LogP contribution in [-0.4, -0.2) is 47.2 Å². The van der Waals surface area contributed by atoms with Gasteiger partial charge in [0.1, 0.15) is 6.61 Å². The number of primary amides is 1. The number of aliphatic hydroxyl groups is 1. The minimum absolute atomic E-state index is 0.0761. The van der Waals surface area contributed by atoms with Crippen molar-refractivity contribution in [1.82, 2.24) is 4.90 Å². The van der Waals surface area contributed by atoms with Crippen LogP contribution in [0.4, 0.5) is 23.7 Å². The van der Waals surface area contributed by atoms with E-state index in [9.17, 15) is 27.9 Å². The van der Waals surface area contributed by atoms with E-state index in [0.717, 1.165) is 28.0 Å². The molecule has 4 N–H and O–H groups in total. The van der Waals surface area contributed by atoms with E-state index >= 15 is 0 Å². The Balaban J connectivity index is 2.53. The van der Waals surface area contributed by atoms with Gasteiger partial charge in [-0.25, -0.2) is 9.59 Å². The van der Waals surface area contributed by atoms with Crippen LogP contribution in [0.15, 0.2) is 35.5 Å². The lowest BCUT2D eigenvalue weighted by molar-refractivity contribution is -0.142. The summed E-state index contributed by atoms with van der Waals surface area (Å²) in [6.07, 6.45) is -5.55. The molecule has 11 heteroatoms. The predicted octanol–water partition coefficient (Wildman–Crippen LogP) is 2.04.